The Morgan fingerprint density at radius 2 is 2.19 bits per heavy atom. The summed E-state index contributed by atoms with van der Waals surface area (Å²) < 4.78 is 18.9. The molecule has 5 nitrogen and oxygen atoms in total. The molecule has 0 aliphatic carbocycles. The van der Waals surface area contributed by atoms with Crippen molar-refractivity contribution in [3.05, 3.63) is 47.5 Å². The van der Waals surface area contributed by atoms with Crippen molar-refractivity contribution in [2.45, 2.75) is 13.8 Å². The summed E-state index contributed by atoms with van der Waals surface area (Å²) in [4.78, 5) is 15.9. The van der Waals surface area contributed by atoms with Gasteiger partial charge < -0.3 is 15.8 Å². The van der Waals surface area contributed by atoms with Gasteiger partial charge in [0.15, 0.2) is 0 Å². The summed E-state index contributed by atoms with van der Waals surface area (Å²) in [6.45, 7) is 3.71. The Morgan fingerprint density at radius 3 is 2.86 bits per heavy atom. The number of aromatic nitrogens is 1. The van der Waals surface area contributed by atoms with Crippen molar-refractivity contribution in [3.8, 4) is 0 Å². The maximum atomic E-state index is 14.0. The number of benzene rings is 1. The fourth-order valence-corrected chi connectivity index (χ4v) is 1.83. The van der Waals surface area contributed by atoms with E-state index in [1.807, 2.05) is 0 Å². The van der Waals surface area contributed by atoms with Gasteiger partial charge in [-0.15, -0.1) is 0 Å². The lowest BCUT2D eigenvalue weighted by atomic mass is 10.1. The van der Waals surface area contributed by atoms with Crippen LogP contribution >= 0.6 is 0 Å². The monoisotopic (exact) mass is 289 g/mol. The number of halogens is 1. The third-order valence-corrected chi connectivity index (χ3v) is 2.91. The van der Waals surface area contributed by atoms with E-state index in [0.717, 1.165) is 6.07 Å². The zero-order chi connectivity index (χ0) is 15.4. The number of anilines is 3. The Bertz CT molecular complexity index is 674. The molecule has 0 aliphatic rings. The third kappa shape index (κ3) is 3.28. The van der Waals surface area contributed by atoms with Crippen molar-refractivity contribution in [2.75, 3.05) is 17.7 Å². The lowest BCUT2D eigenvalue weighted by Crippen LogP contribution is -2.10. The molecule has 1 aromatic heterocycles. The Kier molecular flexibility index (Phi) is 4.37. The number of aryl methyl sites for hydroxylation is 1. The number of nitrogens with one attached hydrogen (secondary N) is 1. The second kappa shape index (κ2) is 6.21. The molecule has 1 aromatic carbocycles. The van der Waals surface area contributed by atoms with Crippen LogP contribution in [-0.2, 0) is 4.74 Å². The molecule has 6 heteroatoms. The number of esters is 1. The predicted octanol–water partition coefficient (Wildman–Crippen LogP) is 3.03. The number of hydrogen-bond donors (Lipinski definition) is 2. The maximum absolute atomic E-state index is 14.0. The minimum absolute atomic E-state index is 0.0411. The lowest BCUT2D eigenvalue weighted by molar-refractivity contribution is 0.0527. The highest BCUT2D eigenvalue weighted by molar-refractivity contribution is 5.96. The van der Waals surface area contributed by atoms with E-state index in [9.17, 15) is 9.18 Å². The highest BCUT2D eigenvalue weighted by Gasteiger charge is 2.15. The molecule has 0 unspecified atom stereocenters. The van der Waals surface area contributed by atoms with Gasteiger partial charge in [0, 0.05) is 11.9 Å². The van der Waals surface area contributed by atoms with Crippen LogP contribution in [0.1, 0.15) is 23.0 Å². The fourth-order valence-electron chi connectivity index (χ4n) is 1.83. The second-order valence-corrected chi connectivity index (χ2v) is 4.40. The first-order valence-electron chi connectivity index (χ1n) is 6.47. The number of rotatable bonds is 4. The average molecular weight is 289 g/mol. The summed E-state index contributed by atoms with van der Waals surface area (Å²) in [7, 11) is 0. The van der Waals surface area contributed by atoms with Gasteiger partial charge in [0.25, 0.3) is 0 Å². The minimum atomic E-state index is -0.582. The first kappa shape index (κ1) is 14.8. The highest BCUT2D eigenvalue weighted by Crippen LogP contribution is 2.26. The maximum Gasteiger partial charge on any atom is 0.340 e. The molecule has 0 spiro atoms. The Morgan fingerprint density at radius 1 is 1.43 bits per heavy atom. The van der Waals surface area contributed by atoms with Crippen LogP contribution in [0.4, 0.5) is 21.5 Å². The molecule has 2 aromatic rings. The Hall–Kier alpha value is -2.63. The van der Waals surface area contributed by atoms with Crippen LogP contribution in [0, 0.1) is 12.7 Å². The second-order valence-electron chi connectivity index (χ2n) is 4.40. The zero-order valence-electron chi connectivity index (χ0n) is 11.8. The molecule has 0 fully saturated rings. The van der Waals surface area contributed by atoms with Gasteiger partial charge in [0.2, 0.25) is 0 Å². The van der Waals surface area contributed by atoms with Gasteiger partial charge in [-0.25, -0.2) is 9.18 Å². The van der Waals surface area contributed by atoms with E-state index in [1.165, 1.54) is 6.07 Å². The number of nitrogens with two attached hydrogens (primary N) is 1. The van der Waals surface area contributed by atoms with E-state index in [1.54, 1.807) is 32.2 Å². The molecule has 0 saturated carbocycles. The standard InChI is InChI=1S/C15H16FN3O2/c1-3-21-15(20)10-7-14(11(16)8-12(10)17)19-13-5-4-6-18-9(13)2/h4-8,19H,3,17H2,1-2H3. The van der Waals surface area contributed by atoms with E-state index >= 15 is 0 Å². The fraction of sp³-hybridized carbons (Fsp3) is 0.200. The van der Waals surface area contributed by atoms with E-state index < -0.39 is 11.8 Å². The van der Waals surface area contributed by atoms with Crippen molar-refractivity contribution < 1.29 is 13.9 Å². The van der Waals surface area contributed by atoms with Crippen molar-refractivity contribution >= 4 is 23.0 Å². The molecule has 0 aliphatic heterocycles. The Labute approximate surface area is 121 Å². The number of carbonyl (C=O) groups is 1. The van der Waals surface area contributed by atoms with E-state index in [2.05, 4.69) is 10.3 Å². The molecule has 0 radical (unpaired) electrons. The van der Waals surface area contributed by atoms with Crippen molar-refractivity contribution in [1.29, 1.82) is 0 Å². The van der Waals surface area contributed by atoms with Crippen molar-refractivity contribution in [2.24, 2.45) is 0 Å². The molecule has 0 saturated heterocycles. The van der Waals surface area contributed by atoms with Crippen LogP contribution in [0.15, 0.2) is 30.5 Å². The normalized spacial score (nSPS) is 10.2. The third-order valence-electron chi connectivity index (χ3n) is 2.91. The zero-order valence-corrected chi connectivity index (χ0v) is 11.8. The molecule has 3 N–H and O–H groups in total. The van der Waals surface area contributed by atoms with Gasteiger partial charge >= 0.3 is 5.97 Å². The number of hydrogen-bond acceptors (Lipinski definition) is 5. The van der Waals surface area contributed by atoms with E-state index in [0.29, 0.717) is 11.4 Å². The predicted molar refractivity (Wildman–Crippen MR) is 79.0 cm³/mol. The number of ether oxygens (including phenoxy) is 1. The molecule has 0 amide bonds. The summed E-state index contributed by atoms with van der Waals surface area (Å²) in [5.41, 5.74) is 7.34. The van der Waals surface area contributed by atoms with Gasteiger partial charge in [-0.2, -0.15) is 0 Å². The van der Waals surface area contributed by atoms with E-state index in [-0.39, 0.29) is 23.5 Å². The van der Waals surface area contributed by atoms with Crippen LogP contribution < -0.4 is 11.1 Å². The molecular formula is C15H16FN3O2. The highest BCUT2D eigenvalue weighted by atomic mass is 19.1. The SMILES string of the molecule is CCOC(=O)c1cc(Nc2cccnc2C)c(F)cc1N. The van der Waals surface area contributed by atoms with Crippen LogP contribution in [0.3, 0.4) is 0 Å². The number of nitrogen functional groups attached to an aromatic ring is 1. The van der Waals surface area contributed by atoms with Crippen LogP contribution in [0.25, 0.3) is 0 Å². The number of nitrogens with zero attached hydrogens (tertiary/aromatic N) is 1. The number of pyridine rings is 1. The average Bonchev–Trinajstić information content (AvgIpc) is 2.44. The summed E-state index contributed by atoms with van der Waals surface area (Å²) in [5.74, 6) is -1.13. The smallest absolute Gasteiger partial charge is 0.340 e. The summed E-state index contributed by atoms with van der Waals surface area (Å²) in [5, 5.41) is 2.90. The summed E-state index contributed by atoms with van der Waals surface area (Å²) >= 11 is 0. The topological polar surface area (TPSA) is 77.2 Å². The van der Waals surface area contributed by atoms with Gasteiger partial charge in [-0.1, -0.05) is 0 Å². The van der Waals surface area contributed by atoms with Gasteiger partial charge in [0.1, 0.15) is 5.82 Å². The molecule has 21 heavy (non-hydrogen) atoms. The van der Waals surface area contributed by atoms with Crippen LogP contribution in [-0.4, -0.2) is 17.6 Å². The first-order valence-corrected chi connectivity index (χ1v) is 6.47. The molecule has 1 heterocycles. The van der Waals surface area contributed by atoms with Gasteiger partial charge in [-0.3, -0.25) is 4.98 Å². The summed E-state index contributed by atoms with van der Waals surface area (Å²) in [6, 6.07) is 5.94. The number of carbonyl (C=O) groups excluding carboxylic acids is 1. The van der Waals surface area contributed by atoms with Crippen LogP contribution in [0.5, 0.6) is 0 Å². The van der Waals surface area contributed by atoms with E-state index in [4.69, 9.17) is 10.5 Å². The lowest BCUT2D eigenvalue weighted by Gasteiger charge is -2.12. The minimum Gasteiger partial charge on any atom is -0.462 e. The molecule has 110 valence electrons. The van der Waals surface area contributed by atoms with Crippen molar-refractivity contribution in [1.82, 2.24) is 4.98 Å². The van der Waals surface area contributed by atoms with Gasteiger partial charge in [-0.05, 0) is 38.1 Å². The van der Waals surface area contributed by atoms with Gasteiger partial charge in [0.05, 0.1) is 29.2 Å². The largest absolute Gasteiger partial charge is 0.462 e. The Balaban J connectivity index is 2.38. The quantitative estimate of drug-likeness (QED) is 0.668. The molecule has 0 atom stereocenters. The first-order chi connectivity index (χ1) is 10.0. The van der Waals surface area contributed by atoms with Crippen molar-refractivity contribution in [3.63, 3.8) is 0 Å². The molecule has 2 rings (SSSR count). The summed E-state index contributed by atoms with van der Waals surface area (Å²) in [6.07, 6.45) is 1.64. The molecule has 0 bridgehead atoms. The molecular weight excluding hydrogens is 273 g/mol. The van der Waals surface area contributed by atoms with Crippen LogP contribution in [0.2, 0.25) is 0 Å².